The fourth-order valence-electron chi connectivity index (χ4n) is 8.55. The zero-order valence-electron chi connectivity index (χ0n) is 29.7. The third-order valence-corrected chi connectivity index (χ3v) is 11.1. The maximum atomic E-state index is 6.16. The fourth-order valence-corrected chi connectivity index (χ4v) is 8.55. The van der Waals surface area contributed by atoms with Crippen LogP contribution in [0, 0.1) is 6.92 Å². The van der Waals surface area contributed by atoms with Gasteiger partial charge in [-0.1, -0.05) is 157 Å². The van der Waals surface area contributed by atoms with Crippen molar-refractivity contribution in [2.24, 2.45) is 0 Å². The number of fused-ring (bicyclic) bond motifs is 7. The van der Waals surface area contributed by atoms with E-state index in [1.54, 1.807) is 0 Å². The lowest BCUT2D eigenvalue weighted by Crippen LogP contribution is -1.91. The number of pyridine rings is 1. The van der Waals surface area contributed by atoms with Crippen LogP contribution in [0.15, 0.2) is 186 Å². The van der Waals surface area contributed by atoms with E-state index in [1.165, 1.54) is 71.3 Å². The van der Waals surface area contributed by atoms with Gasteiger partial charge in [0.2, 0.25) is 5.71 Å². The van der Waals surface area contributed by atoms with Crippen LogP contribution in [0.4, 0.5) is 0 Å². The van der Waals surface area contributed by atoms with Gasteiger partial charge in [-0.05, 0) is 114 Å². The molecule has 0 fully saturated rings. The van der Waals surface area contributed by atoms with Crippen molar-refractivity contribution in [3.63, 3.8) is 0 Å². The highest BCUT2D eigenvalue weighted by Gasteiger charge is 2.18. The van der Waals surface area contributed by atoms with E-state index in [1.807, 2.05) is 6.07 Å². The summed E-state index contributed by atoms with van der Waals surface area (Å²) in [6.07, 6.45) is 0. The predicted octanol–water partition coefficient (Wildman–Crippen LogP) is 14.6. The average molecular weight is 688 g/mol. The lowest BCUT2D eigenvalue weighted by atomic mass is 9.85. The molecule has 0 saturated carbocycles. The standard InChI is InChI=1S/C52H33NO/c1-32-20-27-49-46(28-32)47-30-38-26-25-36(31-48(38)53-52(47)54-49)33-21-23-35(24-22-33)50-42-15-4-6-17-44(42)51(45-18-7-5-16-43(45)50)39-13-8-12-37(29-39)41-19-9-11-34-10-2-3-14-40(34)41/h2-31H,1H3. The Hall–Kier alpha value is -7.03. The fraction of sp³-hybridized carbons (Fsp3) is 0.0192. The van der Waals surface area contributed by atoms with Gasteiger partial charge in [0.25, 0.3) is 0 Å². The molecule has 11 aromatic rings. The van der Waals surface area contributed by atoms with Gasteiger partial charge in [0.05, 0.1) is 5.52 Å². The maximum absolute atomic E-state index is 6.16. The molecule has 0 amide bonds. The molecule has 252 valence electrons. The molecule has 0 bridgehead atoms. The Kier molecular flexibility index (Phi) is 6.80. The van der Waals surface area contributed by atoms with Crippen molar-refractivity contribution < 1.29 is 4.42 Å². The van der Waals surface area contributed by atoms with E-state index in [2.05, 4.69) is 183 Å². The van der Waals surface area contributed by atoms with Crippen LogP contribution in [0.5, 0.6) is 0 Å². The van der Waals surface area contributed by atoms with Crippen LogP contribution < -0.4 is 0 Å². The Morgan fingerprint density at radius 3 is 1.74 bits per heavy atom. The van der Waals surface area contributed by atoms with Crippen molar-refractivity contribution in [1.29, 1.82) is 0 Å². The van der Waals surface area contributed by atoms with Crippen molar-refractivity contribution in [2.75, 3.05) is 0 Å². The Bertz CT molecular complexity index is 3220. The van der Waals surface area contributed by atoms with Gasteiger partial charge in [0.1, 0.15) is 5.58 Å². The number of benzene rings is 9. The summed E-state index contributed by atoms with van der Waals surface area (Å²) in [5, 5.41) is 10.8. The number of hydrogen-bond acceptors (Lipinski definition) is 2. The molecule has 0 spiro atoms. The lowest BCUT2D eigenvalue weighted by Gasteiger charge is -2.18. The summed E-state index contributed by atoms with van der Waals surface area (Å²) < 4.78 is 6.16. The van der Waals surface area contributed by atoms with Gasteiger partial charge in [-0.2, -0.15) is 0 Å². The monoisotopic (exact) mass is 687 g/mol. The highest BCUT2D eigenvalue weighted by molar-refractivity contribution is 6.21. The molecular formula is C52H33NO. The van der Waals surface area contributed by atoms with Gasteiger partial charge in [0, 0.05) is 16.2 Å². The minimum Gasteiger partial charge on any atom is -0.438 e. The summed E-state index contributed by atoms with van der Waals surface area (Å²) in [5.74, 6) is 0. The molecular weight excluding hydrogens is 655 g/mol. The number of aryl methyl sites for hydroxylation is 1. The Balaban J connectivity index is 1.03. The Labute approximate surface area is 312 Å². The van der Waals surface area contributed by atoms with Gasteiger partial charge in [-0.3, -0.25) is 0 Å². The van der Waals surface area contributed by atoms with Crippen LogP contribution in [0.3, 0.4) is 0 Å². The van der Waals surface area contributed by atoms with Gasteiger partial charge in [-0.15, -0.1) is 0 Å². The van der Waals surface area contributed by atoms with E-state index in [-0.39, 0.29) is 0 Å². The lowest BCUT2D eigenvalue weighted by molar-refractivity contribution is 0.656. The number of nitrogens with zero attached hydrogens (tertiary/aromatic N) is 1. The first-order chi connectivity index (χ1) is 26.7. The summed E-state index contributed by atoms with van der Waals surface area (Å²) >= 11 is 0. The maximum Gasteiger partial charge on any atom is 0.227 e. The molecule has 0 N–H and O–H groups in total. The second-order valence-electron chi connectivity index (χ2n) is 14.4. The zero-order valence-corrected chi connectivity index (χ0v) is 29.7. The van der Waals surface area contributed by atoms with Gasteiger partial charge < -0.3 is 4.42 Å². The van der Waals surface area contributed by atoms with Crippen LogP contribution >= 0.6 is 0 Å². The molecule has 0 aliphatic rings. The molecule has 0 aliphatic carbocycles. The molecule has 2 heterocycles. The van der Waals surface area contributed by atoms with Crippen LogP contribution in [-0.4, -0.2) is 4.98 Å². The first-order valence-corrected chi connectivity index (χ1v) is 18.5. The van der Waals surface area contributed by atoms with Gasteiger partial charge in [-0.25, -0.2) is 4.98 Å². The molecule has 54 heavy (non-hydrogen) atoms. The molecule has 9 aromatic carbocycles. The van der Waals surface area contributed by atoms with E-state index >= 15 is 0 Å². The molecule has 2 aromatic heterocycles. The molecule has 0 atom stereocenters. The van der Waals surface area contributed by atoms with E-state index in [4.69, 9.17) is 9.40 Å². The summed E-state index contributed by atoms with van der Waals surface area (Å²) in [7, 11) is 0. The number of rotatable bonds is 4. The average Bonchev–Trinajstić information content (AvgIpc) is 3.57. The SMILES string of the molecule is Cc1ccc2oc3nc4cc(-c5ccc(-c6c7ccccc7c(-c7cccc(-c8cccc9ccccc89)c7)c7ccccc67)cc5)ccc4cc3c2c1. The Morgan fingerprint density at radius 1 is 0.370 bits per heavy atom. The highest BCUT2D eigenvalue weighted by atomic mass is 16.3. The molecule has 0 aliphatic heterocycles. The Morgan fingerprint density at radius 2 is 0.981 bits per heavy atom. The second kappa shape index (κ2) is 12.0. The minimum absolute atomic E-state index is 0.679. The molecule has 0 saturated heterocycles. The summed E-state index contributed by atoms with van der Waals surface area (Å²) in [5.41, 5.74) is 13.4. The number of hydrogen-bond donors (Lipinski definition) is 0. The van der Waals surface area contributed by atoms with Crippen LogP contribution in [0.25, 0.3) is 110 Å². The summed E-state index contributed by atoms with van der Waals surface area (Å²) in [4.78, 5) is 4.97. The minimum atomic E-state index is 0.679. The molecule has 2 nitrogen and oxygen atoms in total. The third kappa shape index (κ3) is 4.84. The van der Waals surface area contributed by atoms with Crippen molar-refractivity contribution in [3.05, 3.63) is 188 Å². The van der Waals surface area contributed by atoms with Crippen LogP contribution in [0.1, 0.15) is 5.56 Å². The highest BCUT2D eigenvalue weighted by Crippen LogP contribution is 2.45. The normalized spacial score (nSPS) is 11.8. The van der Waals surface area contributed by atoms with E-state index in [0.29, 0.717) is 5.71 Å². The van der Waals surface area contributed by atoms with E-state index in [9.17, 15) is 0 Å². The third-order valence-electron chi connectivity index (χ3n) is 11.1. The molecule has 2 heteroatoms. The summed E-state index contributed by atoms with van der Waals surface area (Å²) in [6, 6.07) is 66.1. The van der Waals surface area contributed by atoms with Crippen molar-refractivity contribution >= 4 is 65.3 Å². The van der Waals surface area contributed by atoms with Crippen LogP contribution in [0.2, 0.25) is 0 Å². The molecule has 11 rings (SSSR count). The van der Waals surface area contributed by atoms with Gasteiger partial charge in [0.15, 0.2) is 0 Å². The first kappa shape index (κ1) is 30.6. The summed E-state index contributed by atoms with van der Waals surface area (Å²) in [6.45, 7) is 2.11. The first-order valence-electron chi connectivity index (χ1n) is 18.5. The number of aromatic nitrogens is 1. The predicted molar refractivity (Wildman–Crippen MR) is 228 cm³/mol. The van der Waals surface area contributed by atoms with Crippen molar-refractivity contribution in [1.82, 2.24) is 4.98 Å². The van der Waals surface area contributed by atoms with Crippen molar-refractivity contribution in [3.8, 4) is 44.5 Å². The zero-order chi connectivity index (χ0) is 35.8. The second-order valence-corrected chi connectivity index (χ2v) is 14.4. The largest absolute Gasteiger partial charge is 0.438 e. The van der Waals surface area contributed by atoms with E-state index in [0.717, 1.165) is 38.4 Å². The molecule has 0 radical (unpaired) electrons. The quantitative estimate of drug-likeness (QED) is 0.172. The van der Waals surface area contributed by atoms with Gasteiger partial charge >= 0.3 is 0 Å². The van der Waals surface area contributed by atoms with Crippen LogP contribution in [-0.2, 0) is 0 Å². The van der Waals surface area contributed by atoms with E-state index < -0.39 is 0 Å². The number of furan rings is 1. The molecule has 0 unspecified atom stereocenters. The smallest absolute Gasteiger partial charge is 0.227 e. The topological polar surface area (TPSA) is 26.0 Å². The van der Waals surface area contributed by atoms with Crippen molar-refractivity contribution in [2.45, 2.75) is 6.92 Å².